The summed E-state index contributed by atoms with van der Waals surface area (Å²) in [6, 6.07) is 4.80. The summed E-state index contributed by atoms with van der Waals surface area (Å²) in [6.45, 7) is 9.47. The Kier molecular flexibility index (Phi) is 7.74. The number of ether oxygens (including phenoxy) is 1. The third-order valence-corrected chi connectivity index (χ3v) is 6.99. The second-order valence-corrected chi connectivity index (χ2v) is 9.77. The summed E-state index contributed by atoms with van der Waals surface area (Å²) in [5, 5.41) is 0. The molecule has 2 amide bonds. The Morgan fingerprint density at radius 2 is 1.77 bits per heavy atom. The van der Waals surface area contributed by atoms with Crippen LogP contribution in [0.4, 0.5) is 10.1 Å². The summed E-state index contributed by atoms with van der Waals surface area (Å²) in [4.78, 5) is 36.2. The molecule has 4 rings (SSSR count). The first-order valence-corrected chi connectivity index (χ1v) is 12.5. The number of allylic oxidation sites excluding steroid dienone is 1. The average molecular weight is 486 g/mol. The molecule has 0 spiro atoms. The molecule has 1 aromatic rings. The van der Waals surface area contributed by atoms with Crippen molar-refractivity contribution < 1.29 is 18.7 Å². The molecule has 0 radical (unpaired) electrons. The van der Waals surface area contributed by atoms with Crippen molar-refractivity contribution in [2.45, 2.75) is 52.2 Å². The summed E-state index contributed by atoms with van der Waals surface area (Å²) < 4.78 is 19.1. The predicted octanol–water partition coefficient (Wildman–Crippen LogP) is 2.26. The first kappa shape index (κ1) is 25.2. The third kappa shape index (κ3) is 5.83. The number of hydrogen-bond donors (Lipinski definition) is 1. The Labute approximate surface area is 206 Å². The van der Waals surface area contributed by atoms with E-state index in [0.717, 1.165) is 35.4 Å². The summed E-state index contributed by atoms with van der Waals surface area (Å²) in [5.41, 5.74) is 10.0. The van der Waals surface area contributed by atoms with Crippen LogP contribution in [0, 0.1) is 12.7 Å². The summed E-state index contributed by atoms with van der Waals surface area (Å²) in [5.74, 6) is -0.439. The van der Waals surface area contributed by atoms with Crippen LogP contribution >= 0.6 is 0 Å². The molecular weight excluding hydrogens is 449 g/mol. The highest BCUT2D eigenvalue weighted by molar-refractivity contribution is 6.09. The lowest BCUT2D eigenvalue weighted by Gasteiger charge is -2.36. The number of aliphatic imine (C=N–C) groups is 1. The molecule has 2 heterocycles. The zero-order chi connectivity index (χ0) is 25.1. The van der Waals surface area contributed by atoms with Crippen molar-refractivity contribution in [1.82, 2.24) is 9.80 Å². The molecule has 3 aliphatic rings. The van der Waals surface area contributed by atoms with Gasteiger partial charge in [0.2, 0.25) is 5.91 Å². The zero-order valence-corrected chi connectivity index (χ0v) is 20.9. The van der Waals surface area contributed by atoms with Gasteiger partial charge >= 0.3 is 0 Å². The molecule has 1 saturated carbocycles. The van der Waals surface area contributed by atoms with Crippen LogP contribution in [0.2, 0.25) is 0 Å². The number of carbonyl (C=O) groups is 2. The van der Waals surface area contributed by atoms with Crippen molar-refractivity contribution in [2.24, 2.45) is 10.7 Å². The van der Waals surface area contributed by atoms with Gasteiger partial charge in [0.15, 0.2) is 0 Å². The molecule has 2 saturated heterocycles. The van der Waals surface area contributed by atoms with Crippen molar-refractivity contribution in [3.05, 3.63) is 40.8 Å². The Morgan fingerprint density at radius 1 is 1.09 bits per heavy atom. The standard InChI is InChI=1S/C26H36FN5O3/c1-17-13-20(27)7-8-23(17)30-9-11-31(12-10-30)24(33)14-29-22-6-4-5-21(22)25(28)26(34)32-15-18(2)35-19(3)16-32/h7-8,13,18-19H,4-6,9-12,14-16,28H2,1-3H3/b25-21-,29-22?/t18-,19+. The molecule has 0 bridgehead atoms. The summed E-state index contributed by atoms with van der Waals surface area (Å²) in [6.07, 6.45) is 2.26. The van der Waals surface area contributed by atoms with E-state index in [1.165, 1.54) is 12.1 Å². The maximum atomic E-state index is 13.4. The van der Waals surface area contributed by atoms with Crippen LogP contribution < -0.4 is 10.6 Å². The van der Waals surface area contributed by atoms with Gasteiger partial charge in [-0.25, -0.2) is 4.39 Å². The van der Waals surface area contributed by atoms with Crippen LogP contribution in [-0.4, -0.2) is 85.3 Å². The lowest BCUT2D eigenvalue weighted by molar-refractivity contribution is -0.139. The molecule has 2 atom stereocenters. The van der Waals surface area contributed by atoms with Gasteiger partial charge in [0.1, 0.15) is 18.1 Å². The number of hydrogen-bond acceptors (Lipinski definition) is 6. The van der Waals surface area contributed by atoms with Gasteiger partial charge < -0.3 is 25.2 Å². The van der Waals surface area contributed by atoms with Crippen LogP contribution in [0.25, 0.3) is 0 Å². The number of piperazine rings is 1. The fourth-order valence-electron chi connectivity index (χ4n) is 5.27. The number of carbonyl (C=O) groups excluding carboxylic acids is 2. The highest BCUT2D eigenvalue weighted by Gasteiger charge is 2.30. The quantitative estimate of drug-likeness (QED) is 0.661. The van der Waals surface area contributed by atoms with Crippen LogP contribution in [0.5, 0.6) is 0 Å². The van der Waals surface area contributed by atoms with E-state index >= 15 is 0 Å². The Hall–Kier alpha value is -2.94. The Bertz CT molecular complexity index is 1020. The van der Waals surface area contributed by atoms with Crippen molar-refractivity contribution in [3.8, 4) is 0 Å². The van der Waals surface area contributed by atoms with E-state index < -0.39 is 0 Å². The molecule has 190 valence electrons. The molecule has 1 aliphatic carbocycles. The van der Waals surface area contributed by atoms with E-state index in [1.807, 2.05) is 25.7 Å². The second-order valence-electron chi connectivity index (χ2n) is 9.77. The van der Waals surface area contributed by atoms with Gasteiger partial charge in [-0.1, -0.05) is 0 Å². The van der Waals surface area contributed by atoms with Crippen LogP contribution in [0.15, 0.2) is 34.5 Å². The lowest BCUT2D eigenvalue weighted by atomic mass is 10.1. The summed E-state index contributed by atoms with van der Waals surface area (Å²) in [7, 11) is 0. The predicted molar refractivity (Wildman–Crippen MR) is 134 cm³/mol. The molecule has 8 nitrogen and oxygen atoms in total. The lowest BCUT2D eigenvalue weighted by Crippen LogP contribution is -2.49. The van der Waals surface area contributed by atoms with Crippen molar-refractivity contribution in [2.75, 3.05) is 50.7 Å². The van der Waals surface area contributed by atoms with Gasteiger partial charge in [0, 0.05) is 56.2 Å². The number of rotatable bonds is 4. The first-order chi connectivity index (χ1) is 16.7. The number of nitrogens with zero attached hydrogens (tertiary/aromatic N) is 4. The van der Waals surface area contributed by atoms with Gasteiger partial charge in [0.05, 0.1) is 12.2 Å². The fraction of sp³-hybridized carbons (Fsp3) is 0.577. The fourth-order valence-corrected chi connectivity index (χ4v) is 5.27. The van der Waals surface area contributed by atoms with E-state index in [9.17, 15) is 14.0 Å². The minimum absolute atomic E-state index is 0.0257. The molecule has 3 fully saturated rings. The van der Waals surface area contributed by atoms with Gasteiger partial charge in [-0.15, -0.1) is 0 Å². The molecule has 35 heavy (non-hydrogen) atoms. The van der Waals surface area contributed by atoms with E-state index in [0.29, 0.717) is 45.7 Å². The number of nitrogens with two attached hydrogens (primary N) is 1. The highest BCUT2D eigenvalue weighted by atomic mass is 19.1. The number of morpholine rings is 1. The van der Waals surface area contributed by atoms with Crippen molar-refractivity contribution in [1.29, 1.82) is 0 Å². The maximum absolute atomic E-state index is 13.4. The highest BCUT2D eigenvalue weighted by Crippen LogP contribution is 2.26. The maximum Gasteiger partial charge on any atom is 0.270 e. The molecule has 9 heteroatoms. The Balaban J connectivity index is 1.35. The molecular formula is C26H36FN5O3. The number of anilines is 1. The molecule has 0 aromatic heterocycles. The normalized spacial score (nSPS) is 25.8. The van der Waals surface area contributed by atoms with Crippen molar-refractivity contribution >= 4 is 23.2 Å². The SMILES string of the molecule is Cc1cc(F)ccc1N1CCN(C(=O)CN=C2CCC/C2=C(/N)C(=O)N2C[C@@H](C)O[C@@H](C)C2)CC1. The number of benzene rings is 1. The summed E-state index contributed by atoms with van der Waals surface area (Å²) >= 11 is 0. The smallest absolute Gasteiger partial charge is 0.270 e. The zero-order valence-electron chi connectivity index (χ0n) is 20.9. The van der Waals surface area contributed by atoms with E-state index in [2.05, 4.69) is 9.89 Å². The molecule has 0 unspecified atom stereocenters. The van der Waals surface area contributed by atoms with Crippen LogP contribution in [-0.2, 0) is 14.3 Å². The van der Waals surface area contributed by atoms with Gasteiger partial charge in [-0.3, -0.25) is 14.6 Å². The van der Waals surface area contributed by atoms with Crippen LogP contribution in [0.3, 0.4) is 0 Å². The van der Waals surface area contributed by atoms with E-state index in [1.54, 1.807) is 11.0 Å². The minimum atomic E-state index is -0.240. The first-order valence-electron chi connectivity index (χ1n) is 12.5. The van der Waals surface area contributed by atoms with Gasteiger partial charge in [-0.05, 0) is 63.8 Å². The largest absolute Gasteiger partial charge is 0.394 e. The molecule has 2 N–H and O–H groups in total. The average Bonchev–Trinajstić information content (AvgIpc) is 3.30. The van der Waals surface area contributed by atoms with E-state index in [4.69, 9.17) is 10.5 Å². The molecule has 1 aromatic carbocycles. The topological polar surface area (TPSA) is 91.5 Å². The number of amides is 2. The Morgan fingerprint density at radius 3 is 2.43 bits per heavy atom. The number of halogens is 1. The van der Waals surface area contributed by atoms with Gasteiger partial charge in [0.25, 0.3) is 5.91 Å². The van der Waals surface area contributed by atoms with E-state index in [-0.39, 0.29) is 42.1 Å². The monoisotopic (exact) mass is 485 g/mol. The van der Waals surface area contributed by atoms with Gasteiger partial charge in [-0.2, -0.15) is 0 Å². The number of aryl methyl sites for hydroxylation is 1. The molecule has 2 aliphatic heterocycles. The van der Waals surface area contributed by atoms with Crippen LogP contribution in [0.1, 0.15) is 38.7 Å². The third-order valence-electron chi connectivity index (χ3n) is 6.99. The minimum Gasteiger partial charge on any atom is -0.394 e. The second kappa shape index (κ2) is 10.8. The van der Waals surface area contributed by atoms with Crippen molar-refractivity contribution in [3.63, 3.8) is 0 Å².